The molecule has 0 fully saturated rings. The molecule has 0 saturated heterocycles. The highest BCUT2D eigenvalue weighted by molar-refractivity contribution is 7.18. The summed E-state index contributed by atoms with van der Waals surface area (Å²) in [6.45, 7) is 15.4. The molecule has 0 N–H and O–H groups in total. The molecule has 10 heteroatoms. The average Bonchev–Trinajstić information content (AvgIpc) is 3.37. The first-order valence-electron chi connectivity index (χ1n) is 13.3. The van der Waals surface area contributed by atoms with E-state index in [2.05, 4.69) is 61.4 Å². The molecule has 4 aromatic rings. The summed E-state index contributed by atoms with van der Waals surface area (Å²) >= 11 is 1.63. The van der Waals surface area contributed by atoms with Crippen molar-refractivity contribution in [2.75, 3.05) is 20.0 Å². The van der Waals surface area contributed by atoms with Crippen molar-refractivity contribution in [3.63, 3.8) is 0 Å². The van der Waals surface area contributed by atoms with Gasteiger partial charge in [-0.3, -0.25) is 14.3 Å². The Balaban J connectivity index is 1.63. The summed E-state index contributed by atoms with van der Waals surface area (Å²) in [5, 5.41) is 0.494. The van der Waals surface area contributed by atoms with Crippen LogP contribution in [0.5, 0.6) is 5.75 Å². The molecule has 39 heavy (non-hydrogen) atoms. The lowest BCUT2D eigenvalue weighted by Gasteiger charge is -2.17. The van der Waals surface area contributed by atoms with Crippen molar-refractivity contribution >= 4 is 38.4 Å². The van der Waals surface area contributed by atoms with Gasteiger partial charge in [-0.2, -0.15) is 0 Å². The summed E-state index contributed by atoms with van der Waals surface area (Å²) in [6, 6.07) is 15.9. The lowest BCUT2D eigenvalue weighted by molar-refractivity contribution is 0.0228. The third-order valence-electron chi connectivity index (χ3n) is 6.22. The second-order valence-corrected chi connectivity index (χ2v) is 24.4. The van der Waals surface area contributed by atoms with Crippen molar-refractivity contribution in [3.8, 4) is 26.8 Å². The molecule has 1 aromatic carbocycles. The highest BCUT2D eigenvalue weighted by Crippen LogP contribution is 2.37. The lowest BCUT2D eigenvalue weighted by atomic mass is 10.1. The van der Waals surface area contributed by atoms with E-state index in [0.29, 0.717) is 29.9 Å². The molecule has 208 valence electrons. The largest absolute Gasteiger partial charge is 0.465 e. The first kappa shape index (κ1) is 29.3. The summed E-state index contributed by atoms with van der Waals surface area (Å²) in [6.07, 6.45) is 3.33. The summed E-state index contributed by atoms with van der Waals surface area (Å²) < 4.78 is 19.2. The lowest BCUT2D eigenvalue weighted by Crippen LogP contribution is -2.25. The zero-order valence-electron chi connectivity index (χ0n) is 23.8. The van der Waals surface area contributed by atoms with Gasteiger partial charge in [0, 0.05) is 40.4 Å². The molecule has 3 heterocycles. The Labute approximate surface area is 236 Å². The van der Waals surface area contributed by atoms with E-state index in [1.54, 1.807) is 23.9 Å². The number of ether oxygens (including phenoxy) is 3. The van der Waals surface area contributed by atoms with Crippen LogP contribution in [-0.2, 0) is 16.2 Å². The van der Waals surface area contributed by atoms with Crippen LogP contribution in [0.2, 0.25) is 51.4 Å². The van der Waals surface area contributed by atoms with E-state index < -0.39 is 16.1 Å². The first-order chi connectivity index (χ1) is 18.5. The highest BCUT2D eigenvalue weighted by Gasteiger charge is 2.17. The summed E-state index contributed by atoms with van der Waals surface area (Å²) in [7, 11) is -2.41. The van der Waals surface area contributed by atoms with E-state index in [0.717, 1.165) is 33.1 Å². The topological polar surface area (TPSA) is 75.5 Å². The van der Waals surface area contributed by atoms with E-state index in [-0.39, 0.29) is 19.1 Å². The fourth-order valence-electron chi connectivity index (χ4n) is 3.81. The Hall–Kier alpha value is -2.64. The van der Waals surface area contributed by atoms with Crippen LogP contribution in [0.3, 0.4) is 0 Å². The van der Waals surface area contributed by atoms with Gasteiger partial charge >= 0.3 is 0 Å². The van der Waals surface area contributed by atoms with E-state index in [1.807, 2.05) is 30.3 Å². The van der Waals surface area contributed by atoms with Crippen molar-refractivity contribution < 1.29 is 14.2 Å². The predicted molar refractivity (Wildman–Crippen MR) is 166 cm³/mol. The smallest absolute Gasteiger partial charge is 0.263 e. The molecule has 7 nitrogen and oxygen atoms in total. The number of rotatable bonds is 13. The first-order valence-corrected chi connectivity index (χ1v) is 21.6. The van der Waals surface area contributed by atoms with Gasteiger partial charge in [0.2, 0.25) is 0 Å². The number of hydrogen-bond acceptors (Lipinski definition) is 7. The predicted octanol–water partition coefficient (Wildman–Crippen LogP) is 7.19. The summed E-state index contributed by atoms with van der Waals surface area (Å²) in [5.74, 6) is 0.534. The monoisotopic (exact) mass is 581 g/mol. The Morgan fingerprint density at radius 2 is 1.59 bits per heavy atom. The van der Waals surface area contributed by atoms with Gasteiger partial charge in [0.15, 0.2) is 6.79 Å². The molecule has 0 radical (unpaired) electrons. The third kappa shape index (κ3) is 8.42. The minimum Gasteiger partial charge on any atom is -0.465 e. The third-order valence-corrected chi connectivity index (χ3v) is 10.8. The quantitative estimate of drug-likeness (QED) is 0.0945. The molecule has 0 atom stereocenters. The number of aromatic nitrogens is 3. The Morgan fingerprint density at radius 3 is 2.28 bits per heavy atom. The maximum absolute atomic E-state index is 13.5. The van der Waals surface area contributed by atoms with Crippen molar-refractivity contribution in [2.45, 2.75) is 58.1 Å². The normalized spacial score (nSPS) is 12.3. The zero-order chi connectivity index (χ0) is 28.0. The maximum Gasteiger partial charge on any atom is 0.263 e. The van der Waals surface area contributed by atoms with Crippen molar-refractivity contribution in [3.05, 3.63) is 65.3 Å². The SMILES string of the molecule is C[Si](C)(C)CCOCOc1cc(-c2ccc(-c3ccccn3)s2)cc2c(=O)n(COCC[Si](C)(C)C)cnc12. The molecule has 4 rings (SSSR count). The molecular formula is C29H39N3O4SSi2. The Morgan fingerprint density at radius 1 is 0.872 bits per heavy atom. The van der Waals surface area contributed by atoms with Gasteiger partial charge in [-0.25, -0.2) is 4.98 Å². The molecule has 0 spiro atoms. The summed E-state index contributed by atoms with van der Waals surface area (Å²) in [4.78, 5) is 24.7. The minimum atomic E-state index is -1.21. The highest BCUT2D eigenvalue weighted by atomic mass is 32.1. The van der Waals surface area contributed by atoms with Crippen LogP contribution in [0.15, 0.2) is 59.8 Å². The van der Waals surface area contributed by atoms with Crippen LogP contribution < -0.4 is 10.3 Å². The fraction of sp³-hybridized carbons (Fsp3) is 0.414. The molecule has 0 saturated carbocycles. The van der Waals surface area contributed by atoms with Crippen molar-refractivity contribution in [1.29, 1.82) is 0 Å². The standard InChI is InChI=1S/C29H39N3O4SSi2/c1-38(2,3)15-13-34-20-32-19-31-28-23(29(32)33)17-22(18-25(28)36-21-35-14-16-39(4,5)6)26-10-11-27(37-26)24-9-7-8-12-30-24/h7-12,17-19H,13-16,20-21H2,1-6H3. The number of pyridine rings is 1. The van der Waals surface area contributed by atoms with Gasteiger partial charge in [0.05, 0.1) is 16.0 Å². The van der Waals surface area contributed by atoms with Gasteiger partial charge in [-0.1, -0.05) is 45.3 Å². The van der Waals surface area contributed by atoms with Crippen LogP contribution in [0.1, 0.15) is 0 Å². The van der Waals surface area contributed by atoms with Crippen LogP contribution in [0.25, 0.3) is 31.9 Å². The number of benzene rings is 1. The molecule has 0 aliphatic heterocycles. The molecule has 0 amide bonds. The molecule has 0 unspecified atom stereocenters. The number of hydrogen-bond donors (Lipinski definition) is 0. The minimum absolute atomic E-state index is 0.108. The van der Waals surface area contributed by atoms with Gasteiger partial charge < -0.3 is 14.2 Å². The van der Waals surface area contributed by atoms with E-state index in [9.17, 15) is 4.79 Å². The van der Waals surface area contributed by atoms with E-state index in [1.165, 1.54) is 4.57 Å². The van der Waals surface area contributed by atoms with E-state index in [4.69, 9.17) is 14.2 Å². The average molecular weight is 582 g/mol. The molecule has 3 aromatic heterocycles. The number of fused-ring (bicyclic) bond motifs is 1. The van der Waals surface area contributed by atoms with Crippen LogP contribution in [0, 0.1) is 0 Å². The van der Waals surface area contributed by atoms with Crippen LogP contribution >= 0.6 is 11.3 Å². The van der Waals surface area contributed by atoms with Crippen LogP contribution in [0.4, 0.5) is 0 Å². The van der Waals surface area contributed by atoms with E-state index >= 15 is 0 Å². The molecule has 0 aliphatic carbocycles. The molecule has 0 aliphatic rings. The number of nitrogens with zero attached hydrogens (tertiary/aromatic N) is 3. The van der Waals surface area contributed by atoms with Crippen molar-refractivity contribution in [1.82, 2.24) is 14.5 Å². The molecule has 0 bridgehead atoms. The second-order valence-electron chi connectivity index (χ2n) is 12.1. The van der Waals surface area contributed by atoms with Gasteiger partial charge in [0.25, 0.3) is 5.56 Å². The fourth-order valence-corrected chi connectivity index (χ4v) is 6.29. The zero-order valence-corrected chi connectivity index (χ0v) is 26.6. The Kier molecular flexibility index (Phi) is 9.55. The van der Waals surface area contributed by atoms with Gasteiger partial charge in [-0.15, -0.1) is 11.3 Å². The van der Waals surface area contributed by atoms with Crippen molar-refractivity contribution in [2.24, 2.45) is 0 Å². The molecular weight excluding hydrogens is 543 g/mol. The number of thiophene rings is 1. The summed E-state index contributed by atoms with van der Waals surface area (Å²) in [5.41, 5.74) is 2.18. The van der Waals surface area contributed by atoms with Gasteiger partial charge in [-0.05, 0) is 54.0 Å². The second kappa shape index (κ2) is 12.7. The van der Waals surface area contributed by atoms with Gasteiger partial charge in [0.1, 0.15) is 24.3 Å². The van der Waals surface area contributed by atoms with Crippen LogP contribution in [-0.4, -0.2) is 50.7 Å². The maximum atomic E-state index is 13.5. The Bertz CT molecular complexity index is 1440.